The van der Waals surface area contributed by atoms with Crippen LogP contribution in [-0.2, 0) is 11.2 Å². The molecule has 1 aliphatic heterocycles. The third-order valence-corrected chi connectivity index (χ3v) is 5.05. The van der Waals surface area contributed by atoms with E-state index in [2.05, 4.69) is 20.3 Å². The first-order valence-corrected chi connectivity index (χ1v) is 9.38. The van der Waals surface area contributed by atoms with Gasteiger partial charge in [0.2, 0.25) is 0 Å². The van der Waals surface area contributed by atoms with Gasteiger partial charge < -0.3 is 24.7 Å². The minimum absolute atomic E-state index is 0.311. The highest BCUT2D eigenvalue weighted by Crippen LogP contribution is 2.34. The first-order valence-electron chi connectivity index (χ1n) is 9.38. The smallest absolute Gasteiger partial charge is 0.337 e. The van der Waals surface area contributed by atoms with Gasteiger partial charge in [0.25, 0.3) is 0 Å². The van der Waals surface area contributed by atoms with Crippen molar-refractivity contribution in [2.24, 2.45) is 0 Å². The van der Waals surface area contributed by atoms with Gasteiger partial charge in [-0.2, -0.15) is 0 Å². The average molecular weight is 407 g/mol. The lowest BCUT2D eigenvalue weighted by Crippen LogP contribution is -2.43. The summed E-state index contributed by atoms with van der Waals surface area (Å²) >= 11 is 0. The molecule has 2 amide bonds. The molecule has 2 N–H and O–H groups in total. The van der Waals surface area contributed by atoms with E-state index < -0.39 is 5.97 Å². The van der Waals surface area contributed by atoms with E-state index in [1.807, 2.05) is 12.1 Å². The molecule has 3 aromatic rings. The number of aromatic amines is 1. The van der Waals surface area contributed by atoms with Crippen LogP contribution in [0.3, 0.4) is 0 Å². The number of nitrogens with zero attached hydrogens (tertiary/aromatic N) is 3. The highest BCUT2D eigenvalue weighted by Gasteiger charge is 2.34. The molecule has 0 unspecified atom stereocenters. The van der Waals surface area contributed by atoms with Gasteiger partial charge in [0.15, 0.2) is 0 Å². The first kappa shape index (κ1) is 19.4. The molecule has 0 saturated heterocycles. The lowest BCUT2D eigenvalue weighted by molar-refractivity contribution is 0.0600. The number of amides is 2. The number of aromatic nitrogens is 3. The Hall–Kier alpha value is -3.88. The number of hydrogen-bond donors (Lipinski definition) is 2. The monoisotopic (exact) mass is 407 g/mol. The quantitative estimate of drug-likeness (QED) is 0.644. The molecule has 0 fully saturated rings. The summed E-state index contributed by atoms with van der Waals surface area (Å²) in [5.74, 6) is -0.0630. The zero-order valence-electron chi connectivity index (χ0n) is 16.6. The fourth-order valence-electron chi connectivity index (χ4n) is 3.61. The molecular weight excluding hydrogens is 386 g/mol. The second-order valence-corrected chi connectivity index (χ2v) is 6.74. The topological polar surface area (TPSA) is 109 Å². The fourth-order valence-corrected chi connectivity index (χ4v) is 3.61. The molecule has 9 nitrogen and oxygen atoms in total. The summed E-state index contributed by atoms with van der Waals surface area (Å²) in [6, 6.07) is 7.75. The van der Waals surface area contributed by atoms with Gasteiger partial charge in [-0.15, -0.1) is 0 Å². The molecule has 1 atom stereocenters. The number of hydrogen-bond acceptors (Lipinski definition) is 6. The molecule has 9 heteroatoms. The Morgan fingerprint density at radius 1 is 1.27 bits per heavy atom. The molecular formula is C21H21N5O4. The van der Waals surface area contributed by atoms with Crippen molar-refractivity contribution in [1.29, 1.82) is 0 Å². The second kappa shape index (κ2) is 8.24. The Labute approximate surface area is 173 Å². The predicted octanol–water partition coefficient (Wildman–Crippen LogP) is 2.78. The van der Waals surface area contributed by atoms with Crippen molar-refractivity contribution in [3.8, 4) is 5.75 Å². The summed E-state index contributed by atoms with van der Waals surface area (Å²) < 4.78 is 10.1. The van der Waals surface area contributed by atoms with E-state index >= 15 is 0 Å². The van der Waals surface area contributed by atoms with Crippen LogP contribution >= 0.6 is 0 Å². The van der Waals surface area contributed by atoms with Crippen LogP contribution in [0.1, 0.15) is 33.4 Å². The van der Waals surface area contributed by atoms with Gasteiger partial charge in [-0.05, 0) is 29.8 Å². The van der Waals surface area contributed by atoms with Crippen LogP contribution in [0.2, 0.25) is 0 Å². The van der Waals surface area contributed by atoms with Gasteiger partial charge in [0.05, 0.1) is 37.5 Å². The maximum atomic E-state index is 13.3. The lowest BCUT2D eigenvalue weighted by atomic mass is 9.97. The van der Waals surface area contributed by atoms with Gasteiger partial charge in [0, 0.05) is 31.1 Å². The minimum atomic E-state index is -0.500. The summed E-state index contributed by atoms with van der Waals surface area (Å²) in [4.78, 5) is 38.7. The number of nitrogens with one attached hydrogen (secondary N) is 2. The molecule has 0 bridgehead atoms. The lowest BCUT2D eigenvalue weighted by Gasteiger charge is -2.35. The Morgan fingerprint density at radius 3 is 2.87 bits per heavy atom. The number of carbonyl (C=O) groups excluding carboxylic acids is 2. The normalized spacial score (nSPS) is 15.3. The van der Waals surface area contributed by atoms with E-state index in [0.29, 0.717) is 30.0 Å². The van der Waals surface area contributed by atoms with Crippen molar-refractivity contribution in [3.05, 3.63) is 71.6 Å². The Morgan fingerprint density at radius 2 is 2.13 bits per heavy atom. The van der Waals surface area contributed by atoms with E-state index in [9.17, 15) is 9.59 Å². The summed E-state index contributed by atoms with van der Waals surface area (Å²) in [7, 11) is 2.80. The number of ether oxygens (including phenoxy) is 2. The number of imidazole rings is 1. The van der Waals surface area contributed by atoms with Crippen molar-refractivity contribution in [1.82, 2.24) is 19.9 Å². The van der Waals surface area contributed by atoms with Gasteiger partial charge in [0.1, 0.15) is 11.8 Å². The first-order chi connectivity index (χ1) is 14.6. The number of benzene rings is 1. The molecule has 0 aliphatic carbocycles. The fraction of sp³-hybridized carbons (Fsp3) is 0.238. The van der Waals surface area contributed by atoms with E-state index in [1.165, 1.54) is 20.3 Å². The number of pyridine rings is 1. The average Bonchev–Trinajstić information content (AvgIpc) is 3.27. The van der Waals surface area contributed by atoms with E-state index in [1.54, 1.807) is 35.8 Å². The SMILES string of the molecule is COC(=O)c1ccc(OC)c(NC(=O)N2CCc3[nH]cnc3[C@H]2c2cccnc2)c1. The second-order valence-electron chi connectivity index (χ2n) is 6.74. The van der Waals surface area contributed by atoms with E-state index in [0.717, 1.165) is 17.0 Å². The third-order valence-electron chi connectivity index (χ3n) is 5.05. The third kappa shape index (κ3) is 3.57. The van der Waals surface area contributed by atoms with Crippen LogP contribution in [-0.4, -0.2) is 52.6 Å². The van der Waals surface area contributed by atoms with Crippen LogP contribution in [0.5, 0.6) is 5.75 Å². The summed E-state index contributed by atoms with van der Waals surface area (Å²) in [5, 5.41) is 2.87. The van der Waals surface area contributed by atoms with Crippen LogP contribution in [0.25, 0.3) is 0 Å². The summed E-state index contributed by atoms with van der Waals surface area (Å²) in [5.41, 5.74) is 3.34. The molecule has 30 heavy (non-hydrogen) atoms. The Balaban J connectivity index is 1.67. The van der Waals surface area contributed by atoms with Crippen LogP contribution in [0.15, 0.2) is 49.1 Å². The highest BCUT2D eigenvalue weighted by molar-refractivity contribution is 5.95. The number of anilines is 1. The van der Waals surface area contributed by atoms with Crippen LogP contribution in [0, 0.1) is 0 Å². The van der Waals surface area contributed by atoms with Crippen molar-refractivity contribution < 1.29 is 19.1 Å². The predicted molar refractivity (Wildman–Crippen MR) is 108 cm³/mol. The Bertz CT molecular complexity index is 1070. The maximum Gasteiger partial charge on any atom is 0.337 e. The minimum Gasteiger partial charge on any atom is -0.495 e. The number of fused-ring (bicyclic) bond motifs is 1. The summed E-state index contributed by atoms with van der Waals surface area (Å²) in [6.45, 7) is 0.486. The molecule has 3 heterocycles. The largest absolute Gasteiger partial charge is 0.495 e. The van der Waals surface area contributed by atoms with Gasteiger partial charge in [-0.1, -0.05) is 6.07 Å². The molecule has 0 spiro atoms. The zero-order valence-corrected chi connectivity index (χ0v) is 16.6. The van der Waals surface area contributed by atoms with Crippen molar-refractivity contribution in [2.75, 3.05) is 26.1 Å². The van der Waals surface area contributed by atoms with E-state index in [4.69, 9.17) is 9.47 Å². The van der Waals surface area contributed by atoms with Crippen molar-refractivity contribution in [2.45, 2.75) is 12.5 Å². The van der Waals surface area contributed by atoms with Gasteiger partial charge in [-0.25, -0.2) is 14.6 Å². The zero-order chi connectivity index (χ0) is 21.1. The molecule has 4 rings (SSSR count). The summed E-state index contributed by atoms with van der Waals surface area (Å²) in [6.07, 6.45) is 5.70. The molecule has 154 valence electrons. The van der Waals surface area contributed by atoms with Gasteiger partial charge in [-0.3, -0.25) is 4.98 Å². The number of carbonyl (C=O) groups is 2. The number of rotatable bonds is 4. The standard InChI is InChI=1S/C21H21N5O4/c1-29-17-6-5-13(20(27)30-2)10-16(17)25-21(28)26-9-7-15-18(24-12-23-15)19(26)14-4-3-8-22-11-14/h3-6,8,10-12,19H,7,9H2,1-2H3,(H,23,24)(H,25,28)/t19-/m1/s1. The number of esters is 1. The molecule has 0 saturated carbocycles. The van der Waals surface area contributed by atoms with Crippen molar-refractivity contribution in [3.63, 3.8) is 0 Å². The maximum absolute atomic E-state index is 13.3. The van der Waals surface area contributed by atoms with Crippen LogP contribution < -0.4 is 10.1 Å². The van der Waals surface area contributed by atoms with Gasteiger partial charge >= 0.3 is 12.0 Å². The van der Waals surface area contributed by atoms with Crippen molar-refractivity contribution >= 4 is 17.7 Å². The number of H-pyrrole nitrogens is 1. The number of methoxy groups -OCH3 is 2. The number of urea groups is 1. The Kier molecular flexibility index (Phi) is 5.34. The highest BCUT2D eigenvalue weighted by atomic mass is 16.5. The molecule has 2 aromatic heterocycles. The molecule has 1 aliphatic rings. The van der Waals surface area contributed by atoms with Crippen LogP contribution in [0.4, 0.5) is 10.5 Å². The van der Waals surface area contributed by atoms with E-state index in [-0.39, 0.29) is 12.1 Å². The molecule has 1 aromatic carbocycles. The molecule has 0 radical (unpaired) electrons.